The van der Waals surface area contributed by atoms with Crippen LogP contribution < -0.4 is 5.32 Å². The van der Waals surface area contributed by atoms with Gasteiger partial charge in [-0.1, -0.05) is 0 Å². The van der Waals surface area contributed by atoms with Crippen LogP contribution in [-0.4, -0.2) is 15.8 Å². The maximum Gasteiger partial charge on any atom is 0.301 e. The van der Waals surface area contributed by atoms with Crippen LogP contribution in [0.3, 0.4) is 0 Å². The van der Waals surface area contributed by atoms with Gasteiger partial charge in [0.25, 0.3) is 11.6 Å². The quantitative estimate of drug-likeness (QED) is 0.689. The molecule has 0 saturated heterocycles. The zero-order valence-electron chi connectivity index (χ0n) is 10.0. The first kappa shape index (κ1) is 13.6. The van der Waals surface area contributed by atoms with Crippen LogP contribution in [0.2, 0.25) is 0 Å². The molecule has 2 rings (SSSR count). The van der Waals surface area contributed by atoms with Gasteiger partial charge in [0.15, 0.2) is 11.6 Å². The van der Waals surface area contributed by atoms with Crippen molar-refractivity contribution in [2.45, 2.75) is 6.92 Å². The van der Waals surface area contributed by atoms with E-state index in [2.05, 4.69) is 10.3 Å². The number of oxazole rings is 1. The van der Waals surface area contributed by atoms with Gasteiger partial charge < -0.3 is 4.42 Å². The predicted molar refractivity (Wildman–Crippen MR) is 62.2 cm³/mol. The average molecular weight is 283 g/mol. The van der Waals surface area contributed by atoms with Gasteiger partial charge >= 0.3 is 6.01 Å². The molecule has 0 aliphatic rings. The highest BCUT2D eigenvalue weighted by atomic mass is 19.2. The highest BCUT2D eigenvalue weighted by Gasteiger charge is 2.24. The molecule has 0 aliphatic carbocycles. The number of benzene rings is 1. The number of aromatic nitrogens is 1. The Morgan fingerprint density at radius 2 is 2.05 bits per heavy atom. The third kappa shape index (κ3) is 2.60. The Labute approximate surface area is 110 Å². The van der Waals surface area contributed by atoms with Crippen molar-refractivity contribution in [3.63, 3.8) is 0 Å². The number of carbonyl (C=O) groups excluding carboxylic acids is 1. The first-order valence-electron chi connectivity index (χ1n) is 5.25. The van der Waals surface area contributed by atoms with Gasteiger partial charge in [-0.05, 0) is 13.0 Å². The van der Waals surface area contributed by atoms with Gasteiger partial charge in [0.1, 0.15) is 11.8 Å². The summed E-state index contributed by atoms with van der Waals surface area (Å²) in [7, 11) is 0. The number of hydrogen-bond acceptors (Lipinski definition) is 5. The SMILES string of the molecule is Cc1coc(NC(=O)c2cc(F)c(F)cc2[N+](=O)[O-])n1. The van der Waals surface area contributed by atoms with Crippen LogP contribution in [0, 0.1) is 28.7 Å². The van der Waals surface area contributed by atoms with Crippen molar-refractivity contribution in [2.24, 2.45) is 0 Å². The molecule has 0 saturated carbocycles. The highest BCUT2D eigenvalue weighted by molar-refractivity contribution is 6.06. The van der Waals surface area contributed by atoms with Gasteiger partial charge in [0, 0.05) is 0 Å². The van der Waals surface area contributed by atoms with Crippen LogP contribution in [0.25, 0.3) is 0 Å². The number of anilines is 1. The number of nitro groups is 1. The second-order valence-electron chi connectivity index (χ2n) is 3.79. The van der Waals surface area contributed by atoms with E-state index >= 15 is 0 Å². The Balaban J connectivity index is 2.38. The lowest BCUT2D eigenvalue weighted by Crippen LogP contribution is -2.15. The molecule has 1 N–H and O–H groups in total. The number of nitro benzene ring substituents is 1. The van der Waals surface area contributed by atoms with E-state index in [1.807, 2.05) is 0 Å². The van der Waals surface area contributed by atoms with Gasteiger partial charge in [-0.3, -0.25) is 20.2 Å². The fourth-order valence-electron chi connectivity index (χ4n) is 1.45. The third-order valence-corrected chi connectivity index (χ3v) is 2.32. The second-order valence-corrected chi connectivity index (χ2v) is 3.79. The number of aryl methyl sites for hydroxylation is 1. The zero-order chi connectivity index (χ0) is 14.9. The molecule has 0 radical (unpaired) electrons. The van der Waals surface area contributed by atoms with Crippen molar-refractivity contribution in [3.05, 3.63) is 51.4 Å². The molecule has 0 unspecified atom stereocenters. The summed E-state index contributed by atoms with van der Waals surface area (Å²) in [6.45, 7) is 1.60. The molecular formula is C11H7F2N3O4. The number of nitrogens with zero attached hydrogens (tertiary/aromatic N) is 2. The number of hydrogen-bond donors (Lipinski definition) is 1. The first-order chi connectivity index (χ1) is 9.38. The van der Waals surface area contributed by atoms with Crippen LogP contribution >= 0.6 is 0 Å². The number of carbonyl (C=O) groups is 1. The summed E-state index contributed by atoms with van der Waals surface area (Å²) in [5.41, 5.74) is -1.02. The van der Waals surface area contributed by atoms with Crippen LogP contribution in [0.1, 0.15) is 16.1 Å². The van der Waals surface area contributed by atoms with Crippen LogP contribution in [-0.2, 0) is 0 Å². The Morgan fingerprint density at radius 3 is 2.60 bits per heavy atom. The topological polar surface area (TPSA) is 98.3 Å². The lowest BCUT2D eigenvalue weighted by molar-refractivity contribution is -0.385. The molecule has 1 heterocycles. The van der Waals surface area contributed by atoms with Crippen molar-refractivity contribution >= 4 is 17.6 Å². The van der Waals surface area contributed by atoms with Crippen LogP contribution in [0.5, 0.6) is 0 Å². The Morgan fingerprint density at radius 1 is 1.40 bits per heavy atom. The maximum absolute atomic E-state index is 13.1. The summed E-state index contributed by atoms with van der Waals surface area (Å²) < 4.78 is 30.9. The summed E-state index contributed by atoms with van der Waals surface area (Å²) >= 11 is 0. The van der Waals surface area contributed by atoms with E-state index in [1.54, 1.807) is 6.92 Å². The number of nitrogens with one attached hydrogen (secondary N) is 1. The van der Waals surface area contributed by atoms with E-state index in [4.69, 9.17) is 4.42 Å². The monoisotopic (exact) mass is 283 g/mol. The largest absolute Gasteiger partial charge is 0.432 e. The average Bonchev–Trinajstić information content (AvgIpc) is 2.77. The number of amides is 1. The summed E-state index contributed by atoms with van der Waals surface area (Å²) in [6, 6.07) is 0.579. The fourth-order valence-corrected chi connectivity index (χ4v) is 1.45. The molecule has 1 amide bonds. The van der Waals surface area contributed by atoms with E-state index in [1.165, 1.54) is 6.26 Å². The van der Waals surface area contributed by atoms with E-state index < -0.39 is 33.7 Å². The van der Waals surface area contributed by atoms with Gasteiger partial charge in [-0.25, -0.2) is 8.78 Å². The summed E-state index contributed by atoms with van der Waals surface area (Å²) in [4.78, 5) is 25.3. The molecule has 2 aromatic rings. The van der Waals surface area contributed by atoms with Crippen molar-refractivity contribution in [1.82, 2.24) is 4.98 Å². The van der Waals surface area contributed by atoms with E-state index in [-0.39, 0.29) is 6.01 Å². The smallest absolute Gasteiger partial charge is 0.301 e. The number of halogens is 2. The molecular weight excluding hydrogens is 276 g/mol. The minimum atomic E-state index is -1.42. The lowest BCUT2D eigenvalue weighted by Gasteiger charge is -2.03. The van der Waals surface area contributed by atoms with Gasteiger partial charge in [0.05, 0.1) is 16.7 Å². The molecule has 0 bridgehead atoms. The minimum absolute atomic E-state index is 0.202. The third-order valence-electron chi connectivity index (χ3n) is 2.32. The zero-order valence-corrected chi connectivity index (χ0v) is 10.0. The molecule has 7 nitrogen and oxygen atoms in total. The molecule has 1 aromatic heterocycles. The summed E-state index contributed by atoms with van der Waals surface area (Å²) in [6.07, 6.45) is 1.25. The van der Waals surface area contributed by atoms with E-state index in [0.717, 1.165) is 0 Å². The first-order valence-corrected chi connectivity index (χ1v) is 5.25. The van der Waals surface area contributed by atoms with Crippen LogP contribution in [0.15, 0.2) is 22.8 Å². The van der Waals surface area contributed by atoms with E-state index in [0.29, 0.717) is 17.8 Å². The molecule has 20 heavy (non-hydrogen) atoms. The van der Waals surface area contributed by atoms with Crippen molar-refractivity contribution in [1.29, 1.82) is 0 Å². The molecule has 0 aliphatic heterocycles. The molecule has 9 heteroatoms. The molecule has 0 spiro atoms. The molecule has 0 atom stereocenters. The van der Waals surface area contributed by atoms with E-state index in [9.17, 15) is 23.7 Å². The van der Waals surface area contributed by atoms with Crippen molar-refractivity contribution < 1.29 is 22.9 Å². The minimum Gasteiger partial charge on any atom is -0.432 e. The lowest BCUT2D eigenvalue weighted by atomic mass is 10.1. The van der Waals surface area contributed by atoms with Crippen LogP contribution in [0.4, 0.5) is 20.5 Å². The van der Waals surface area contributed by atoms with Gasteiger partial charge in [-0.2, -0.15) is 4.98 Å². The van der Waals surface area contributed by atoms with Crippen molar-refractivity contribution in [3.8, 4) is 0 Å². The molecule has 0 fully saturated rings. The normalized spacial score (nSPS) is 10.3. The van der Waals surface area contributed by atoms with Gasteiger partial charge in [0.2, 0.25) is 0 Å². The number of rotatable bonds is 3. The van der Waals surface area contributed by atoms with Gasteiger partial charge in [-0.15, -0.1) is 0 Å². The van der Waals surface area contributed by atoms with Crippen molar-refractivity contribution in [2.75, 3.05) is 5.32 Å². The molecule has 1 aromatic carbocycles. The predicted octanol–water partition coefficient (Wildman–Crippen LogP) is 2.42. The summed E-state index contributed by atoms with van der Waals surface area (Å²) in [5, 5.41) is 12.9. The highest BCUT2D eigenvalue weighted by Crippen LogP contribution is 2.23. The second kappa shape index (κ2) is 5.03. The Kier molecular flexibility index (Phi) is 3.42. The fraction of sp³-hybridized carbons (Fsp3) is 0.0909. The standard InChI is InChI=1S/C11H7F2N3O4/c1-5-4-20-11(14-5)15-10(17)6-2-7(12)8(13)3-9(6)16(18)19/h2-4H,1H3,(H,14,15,17). The maximum atomic E-state index is 13.1. The Bertz CT molecular complexity index is 699. The molecule has 104 valence electrons. The Hall–Kier alpha value is -2.84. The summed E-state index contributed by atoms with van der Waals surface area (Å²) in [5.74, 6) is -3.82.